The molecule has 1 N–H and O–H groups in total. The Morgan fingerprint density at radius 1 is 1.21 bits per heavy atom. The number of nitrogens with zero attached hydrogens (tertiary/aromatic N) is 6. The van der Waals surface area contributed by atoms with Crippen molar-refractivity contribution in [3.63, 3.8) is 0 Å². The van der Waals surface area contributed by atoms with Gasteiger partial charge >= 0.3 is 6.09 Å². The van der Waals surface area contributed by atoms with Gasteiger partial charge in [-0.15, -0.1) is 0 Å². The van der Waals surface area contributed by atoms with E-state index in [9.17, 15) is 18.5 Å². The van der Waals surface area contributed by atoms with Crippen molar-refractivity contribution < 1.29 is 17.9 Å². The molecule has 1 atom stereocenters. The van der Waals surface area contributed by atoms with E-state index in [2.05, 4.69) is 39.6 Å². The van der Waals surface area contributed by atoms with E-state index in [0.29, 0.717) is 11.4 Å². The molecule has 1 unspecified atom stereocenters. The molecule has 3 rings (SSSR count). The number of nitriles is 1. The maximum absolute atomic E-state index is 12.9. The van der Waals surface area contributed by atoms with Gasteiger partial charge in [-0.05, 0) is 67.1 Å². The third-order valence-electron chi connectivity index (χ3n) is 5.06. The van der Waals surface area contributed by atoms with Crippen LogP contribution in [0.2, 0.25) is 0 Å². The van der Waals surface area contributed by atoms with E-state index in [1.807, 2.05) is 19.1 Å². The number of hydrogen-bond acceptors (Lipinski definition) is 9. The molecule has 1 aromatic heterocycles. The molecule has 34 heavy (non-hydrogen) atoms. The third kappa shape index (κ3) is 5.68. The first-order chi connectivity index (χ1) is 16.3. The van der Waals surface area contributed by atoms with E-state index in [1.54, 1.807) is 42.5 Å². The lowest BCUT2D eigenvalue weighted by Gasteiger charge is -2.22. The van der Waals surface area contributed by atoms with Gasteiger partial charge in [0.05, 0.1) is 5.69 Å². The Bertz CT molecular complexity index is 1280. The minimum Gasteiger partial charge on any atom is -0.429 e. The van der Waals surface area contributed by atoms with Crippen LogP contribution in [-0.2, 0) is 14.6 Å². The first-order valence-corrected chi connectivity index (χ1v) is 12.2. The molecule has 12 heteroatoms. The van der Waals surface area contributed by atoms with E-state index in [-0.39, 0.29) is 0 Å². The van der Waals surface area contributed by atoms with Gasteiger partial charge in [-0.3, -0.25) is 5.32 Å². The van der Waals surface area contributed by atoms with Crippen molar-refractivity contribution in [3.8, 4) is 11.8 Å². The largest absolute Gasteiger partial charge is 0.429 e. The fourth-order valence-electron chi connectivity index (χ4n) is 3.32. The number of sulfone groups is 1. The van der Waals surface area contributed by atoms with Gasteiger partial charge in [0.1, 0.15) is 11.8 Å². The summed E-state index contributed by atoms with van der Waals surface area (Å²) in [6.45, 7) is 7.62. The molecule has 11 nitrogen and oxygen atoms in total. The van der Waals surface area contributed by atoms with Gasteiger partial charge in [-0.2, -0.15) is 9.94 Å². The van der Waals surface area contributed by atoms with Crippen LogP contribution in [0.1, 0.15) is 19.4 Å². The minimum absolute atomic E-state index is 0.432. The number of para-hydroxylation sites is 1. The summed E-state index contributed by atoms with van der Waals surface area (Å²) < 4.78 is 31.9. The van der Waals surface area contributed by atoms with Crippen LogP contribution in [0.25, 0.3) is 5.69 Å². The average molecular weight is 484 g/mol. The summed E-state index contributed by atoms with van der Waals surface area (Å²) in [4.78, 5) is 14.6. The lowest BCUT2D eigenvalue weighted by molar-refractivity contribution is 0.145. The van der Waals surface area contributed by atoms with Gasteiger partial charge in [0.25, 0.3) is 5.16 Å². The maximum Gasteiger partial charge on any atom is 0.412 e. The number of aryl methyl sites for hydroxylation is 1. The lowest BCUT2D eigenvalue weighted by atomic mass is 10.1. The summed E-state index contributed by atoms with van der Waals surface area (Å²) in [5, 5.41) is 22.3. The molecule has 2 aromatic carbocycles. The second-order valence-corrected chi connectivity index (χ2v) is 9.24. The predicted octanol–water partition coefficient (Wildman–Crippen LogP) is 2.73. The Kier molecular flexibility index (Phi) is 7.80. The van der Waals surface area contributed by atoms with Crippen molar-refractivity contribution in [2.24, 2.45) is 0 Å². The SMILES string of the molecule is CCN(CC)c1ccc(NC(=O)OC(C#N)CS(=O)(=O)c2nnnn2-c2ccccc2)c(C)c1. The van der Waals surface area contributed by atoms with Gasteiger partial charge in [0.2, 0.25) is 15.9 Å². The molecule has 0 aliphatic heterocycles. The normalized spacial score (nSPS) is 11.9. The second kappa shape index (κ2) is 10.8. The van der Waals surface area contributed by atoms with Crippen molar-refractivity contribution in [1.29, 1.82) is 5.26 Å². The number of hydrogen-bond donors (Lipinski definition) is 1. The number of tetrazole rings is 1. The Labute approximate surface area is 197 Å². The molecular formula is C22H25N7O4S. The highest BCUT2D eigenvalue weighted by molar-refractivity contribution is 7.91. The number of ether oxygens (including phenoxy) is 1. The molecule has 1 heterocycles. The van der Waals surface area contributed by atoms with Crippen LogP contribution in [0.5, 0.6) is 0 Å². The van der Waals surface area contributed by atoms with Crippen LogP contribution in [0.4, 0.5) is 16.2 Å². The Morgan fingerprint density at radius 3 is 2.53 bits per heavy atom. The number of carbonyl (C=O) groups excluding carboxylic acids is 1. The van der Waals surface area contributed by atoms with Crippen LogP contribution < -0.4 is 10.2 Å². The summed E-state index contributed by atoms with van der Waals surface area (Å²) in [7, 11) is -4.16. The van der Waals surface area contributed by atoms with E-state index < -0.39 is 32.9 Å². The first-order valence-electron chi connectivity index (χ1n) is 10.6. The van der Waals surface area contributed by atoms with E-state index in [1.165, 1.54) is 0 Å². The van der Waals surface area contributed by atoms with Crippen molar-refractivity contribution in [3.05, 3.63) is 54.1 Å². The molecule has 1 amide bonds. The highest BCUT2D eigenvalue weighted by Gasteiger charge is 2.30. The van der Waals surface area contributed by atoms with E-state index in [4.69, 9.17) is 4.74 Å². The molecule has 3 aromatic rings. The molecular weight excluding hydrogens is 458 g/mol. The standard InChI is InChI=1S/C22H25N7O4S/c1-4-28(5-2)18-11-12-20(16(3)13-18)24-22(30)33-19(14-23)15-34(31,32)21-25-26-27-29(21)17-9-7-6-8-10-17/h6-13,19H,4-5,15H2,1-3H3,(H,24,30). The number of benzene rings is 2. The monoisotopic (exact) mass is 483 g/mol. The molecule has 0 radical (unpaired) electrons. The summed E-state index contributed by atoms with van der Waals surface area (Å²) in [5.41, 5.74) is 2.73. The Balaban J connectivity index is 1.70. The molecule has 0 aliphatic rings. The number of amides is 1. The van der Waals surface area contributed by atoms with Gasteiger partial charge in [-0.25, -0.2) is 13.2 Å². The zero-order chi connectivity index (χ0) is 24.7. The Morgan fingerprint density at radius 2 is 1.91 bits per heavy atom. The van der Waals surface area contributed by atoms with Gasteiger partial charge in [0, 0.05) is 24.5 Å². The van der Waals surface area contributed by atoms with Crippen molar-refractivity contribution in [1.82, 2.24) is 20.2 Å². The van der Waals surface area contributed by atoms with Crippen LogP contribution in [0.15, 0.2) is 53.7 Å². The highest BCUT2D eigenvalue weighted by Crippen LogP contribution is 2.23. The predicted molar refractivity (Wildman–Crippen MR) is 125 cm³/mol. The summed E-state index contributed by atoms with van der Waals surface area (Å²) >= 11 is 0. The fraction of sp³-hybridized carbons (Fsp3) is 0.318. The molecule has 0 bridgehead atoms. The van der Waals surface area contributed by atoms with Crippen molar-refractivity contribution >= 4 is 27.3 Å². The fourth-order valence-corrected chi connectivity index (χ4v) is 4.57. The number of anilines is 2. The average Bonchev–Trinajstić information content (AvgIpc) is 3.33. The second-order valence-electron chi connectivity index (χ2n) is 7.31. The number of rotatable bonds is 9. The van der Waals surface area contributed by atoms with Gasteiger partial charge in [-0.1, -0.05) is 23.3 Å². The lowest BCUT2D eigenvalue weighted by Crippen LogP contribution is -2.29. The summed E-state index contributed by atoms with van der Waals surface area (Å²) in [6, 6.07) is 15.7. The quantitative estimate of drug-likeness (QED) is 0.486. The number of aromatic nitrogens is 4. The maximum atomic E-state index is 12.9. The van der Waals surface area contributed by atoms with E-state index >= 15 is 0 Å². The van der Waals surface area contributed by atoms with Crippen molar-refractivity contribution in [2.45, 2.75) is 32.0 Å². The smallest absolute Gasteiger partial charge is 0.412 e. The summed E-state index contributed by atoms with van der Waals surface area (Å²) in [5.74, 6) is -0.802. The minimum atomic E-state index is -4.16. The van der Waals surface area contributed by atoms with Crippen LogP contribution in [0.3, 0.4) is 0 Å². The number of nitrogens with one attached hydrogen (secondary N) is 1. The molecule has 0 aliphatic carbocycles. The molecule has 178 valence electrons. The number of carbonyl (C=O) groups is 1. The topological polar surface area (TPSA) is 143 Å². The first kappa shape index (κ1) is 24.7. The van der Waals surface area contributed by atoms with Crippen LogP contribution in [-0.4, -0.2) is 59.7 Å². The molecule has 0 saturated carbocycles. The summed E-state index contributed by atoms with van der Waals surface area (Å²) in [6.07, 6.45) is -2.51. The molecule has 0 spiro atoms. The van der Waals surface area contributed by atoms with Gasteiger partial charge < -0.3 is 9.64 Å². The third-order valence-corrected chi connectivity index (χ3v) is 6.61. The highest BCUT2D eigenvalue weighted by atomic mass is 32.2. The van der Waals surface area contributed by atoms with Gasteiger partial charge in [0.15, 0.2) is 0 Å². The Hall–Kier alpha value is -3.98. The van der Waals surface area contributed by atoms with E-state index in [0.717, 1.165) is 29.0 Å². The van der Waals surface area contributed by atoms with Crippen molar-refractivity contribution in [2.75, 3.05) is 29.1 Å². The molecule has 0 saturated heterocycles. The van der Waals surface area contributed by atoms with Crippen LogP contribution in [0, 0.1) is 18.3 Å². The van der Waals surface area contributed by atoms with Crippen LogP contribution >= 0.6 is 0 Å². The zero-order valence-corrected chi connectivity index (χ0v) is 19.9. The molecule has 0 fully saturated rings. The zero-order valence-electron chi connectivity index (χ0n) is 19.0.